The first-order chi connectivity index (χ1) is 10.8. The molecule has 0 aliphatic carbocycles. The summed E-state index contributed by atoms with van der Waals surface area (Å²) in [5.41, 5.74) is 2.10. The number of benzene rings is 2. The largest absolute Gasteiger partial charge is 0.445 e. The van der Waals surface area contributed by atoms with E-state index in [4.69, 9.17) is 4.74 Å². The van der Waals surface area contributed by atoms with Crippen LogP contribution in [0.5, 0.6) is 0 Å². The van der Waals surface area contributed by atoms with Gasteiger partial charge in [0.2, 0.25) is 0 Å². The molecule has 0 aliphatic heterocycles. The van der Waals surface area contributed by atoms with Gasteiger partial charge in [-0.1, -0.05) is 76.6 Å². The number of amides is 1. The molecular weight excluding hydrogens is 342 g/mol. The number of rotatable bonds is 7. The summed E-state index contributed by atoms with van der Waals surface area (Å²) in [6.45, 7) is 1.55. The van der Waals surface area contributed by atoms with Crippen molar-refractivity contribution in [3.63, 3.8) is 0 Å². The topological polar surface area (TPSA) is 29.5 Å². The molecule has 0 bridgehead atoms. The Labute approximate surface area is 140 Å². The van der Waals surface area contributed by atoms with E-state index in [1.807, 2.05) is 60.7 Å². The van der Waals surface area contributed by atoms with Gasteiger partial charge < -0.3 is 9.64 Å². The summed E-state index contributed by atoms with van der Waals surface area (Å²) in [6.07, 6.45) is 0.626. The Morgan fingerprint density at radius 3 is 2.14 bits per heavy atom. The van der Waals surface area contributed by atoms with Crippen LogP contribution < -0.4 is 0 Å². The Morgan fingerprint density at radius 1 is 0.955 bits per heavy atom. The molecule has 2 rings (SSSR count). The quantitative estimate of drug-likeness (QED) is 0.673. The zero-order valence-corrected chi connectivity index (χ0v) is 14.0. The van der Waals surface area contributed by atoms with Gasteiger partial charge >= 0.3 is 6.09 Å². The maximum absolute atomic E-state index is 12.3. The summed E-state index contributed by atoms with van der Waals surface area (Å²) in [5.74, 6) is 0. The van der Waals surface area contributed by atoms with Crippen molar-refractivity contribution in [3.8, 4) is 0 Å². The van der Waals surface area contributed by atoms with Crippen LogP contribution in [0.25, 0.3) is 0 Å². The number of carbonyl (C=O) groups excluding carboxylic acids is 1. The van der Waals surface area contributed by atoms with Crippen molar-refractivity contribution in [2.24, 2.45) is 0 Å². The fraction of sp³-hybridized carbons (Fsp3) is 0.278. The van der Waals surface area contributed by atoms with Gasteiger partial charge in [0, 0.05) is 18.4 Å². The fourth-order valence-electron chi connectivity index (χ4n) is 2.10. The van der Waals surface area contributed by atoms with Crippen LogP contribution in [0.15, 0.2) is 60.7 Å². The van der Waals surface area contributed by atoms with E-state index in [2.05, 4.69) is 15.9 Å². The van der Waals surface area contributed by atoms with Crippen LogP contribution in [0.2, 0.25) is 0 Å². The average molecular weight is 362 g/mol. The lowest BCUT2D eigenvalue weighted by Gasteiger charge is -2.22. The lowest BCUT2D eigenvalue weighted by Crippen LogP contribution is -2.32. The second-order valence-electron chi connectivity index (χ2n) is 4.99. The van der Waals surface area contributed by atoms with Gasteiger partial charge in [0.05, 0.1) is 0 Å². The number of nitrogens with zero attached hydrogens (tertiary/aromatic N) is 1. The molecule has 0 radical (unpaired) electrons. The minimum Gasteiger partial charge on any atom is -0.445 e. The van der Waals surface area contributed by atoms with E-state index in [1.165, 1.54) is 0 Å². The van der Waals surface area contributed by atoms with E-state index in [0.717, 1.165) is 22.9 Å². The lowest BCUT2D eigenvalue weighted by atomic mass is 10.2. The first-order valence-electron chi connectivity index (χ1n) is 7.35. The molecule has 1 amide bonds. The Hall–Kier alpha value is -1.81. The summed E-state index contributed by atoms with van der Waals surface area (Å²) in [7, 11) is 0. The maximum atomic E-state index is 12.3. The van der Waals surface area contributed by atoms with Gasteiger partial charge in [-0.15, -0.1) is 0 Å². The van der Waals surface area contributed by atoms with Crippen LogP contribution in [0.1, 0.15) is 17.5 Å². The van der Waals surface area contributed by atoms with Crippen LogP contribution in [-0.4, -0.2) is 22.9 Å². The highest BCUT2D eigenvalue weighted by atomic mass is 79.9. The monoisotopic (exact) mass is 361 g/mol. The molecule has 0 fully saturated rings. The van der Waals surface area contributed by atoms with E-state index >= 15 is 0 Å². The van der Waals surface area contributed by atoms with Gasteiger partial charge in [-0.05, 0) is 17.5 Å². The van der Waals surface area contributed by atoms with Crippen molar-refractivity contribution >= 4 is 22.0 Å². The van der Waals surface area contributed by atoms with Gasteiger partial charge in [0.15, 0.2) is 0 Å². The normalized spacial score (nSPS) is 10.2. The molecule has 0 unspecified atom stereocenters. The molecule has 0 atom stereocenters. The van der Waals surface area contributed by atoms with Crippen LogP contribution in [-0.2, 0) is 17.9 Å². The first kappa shape index (κ1) is 16.6. The molecule has 0 aromatic heterocycles. The Balaban J connectivity index is 1.93. The summed E-state index contributed by atoms with van der Waals surface area (Å²) in [4.78, 5) is 14.1. The highest BCUT2D eigenvalue weighted by molar-refractivity contribution is 9.09. The van der Waals surface area contributed by atoms with Crippen molar-refractivity contribution in [2.75, 3.05) is 11.9 Å². The summed E-state index contributed by atoms with van der Waals surface area (Å²) in [6, 6.07) is 19.7. The zero-order valence-electron chi connectivity index (χ0n) is 12.5. The SMILES string of the molecule is O=C(OCc1ccccc1)N(CCCBr)Cc1ccccc1. The predicted octanol–water partition coefficient (Wildman–Crippen LogP) is 4.61. The molecule has 0 spiro atoms. The highest BCUT2D eigenvalue weighted by Gasteiger charge is 2.15. The first-order valence-corrected chi connectivity index (χ1v) is 8.47. The van der Waals surface area contributed by atoms with Crippen molar-refractivity contribution in [1.29, 1.82) is 0 Å². The number of alkyl halides is 1. The van der Waals surface area contributed by atoms with Gasteiger partial charge in [0.1, 0.15) is 6.61 Å². The minimum absolute atomic E-state index is 0.270. The molecule has 2 aromatic rings. The molecule has 116 valence electrons. The molecule has 0 saturated heterocycles. The summed E-state index contributed by atoms with van der Waals surface area (Å²) < 4.78 is 5.43. The molecule has 4 heteroatoms. The summed E-state index contributed by atoms with van der Waals surface area (Å²) in [5, 5.41) is 0.865. The third-order valence-electron chi connectivity index (χ3n) is 3.24. The smallest absolute Gasteiger partial charge is 0.410 e. The maximum Gasteiger partial charge on any atom is 0.410 e. The molecule has 0 aliphatic rings. The Morgan fingerprint density at radius 2 is 1.55 bits per heavy atom. The standard InChI is InChI=1S/C18H20BrNO2/c19-12-7-13-20(14-16-8-3-1-4-9-16)18(21)22-15-17-10-5-2-6-11-17/h1-6,8-11H,7,12-15H2. The van der Waals surface area contributed by atoms with Crippen LogP contribution >= 0.6 is 15.9 Å². The van der Waals surface area contributed by atoms with E-state index in [1.54, 1.807) is 4.90 Å². The van der Waals surface area contributed by atoms with E-state index in [-0.39, 0.29) is 6.09 Å². The van der Waals surface area contributed by atoms with Gasteiger partial charge in [-0.2, -0.15) is 0 Å². The van der Waals surface area contributed by atoms with E-state index in [9.17, 15) is 4.79 Å². The van der Waals surface area contributed by atoms with Crippen LogP contribution in [0, 0.1) is 0 Å². The second kappa shape index (κ2) is 9.26. The highest BCUT2D eigenvalue weighted by Crippen LogP contribution is 2.09. The summed E-state index contributed by atoms with van der Waals surface area (Å²) >= 11 is 3.41. The Kier molecular flexibility index (Phi) is 6.97. The Bertz CT molecular complexity index is 560. The molecular formula is C18H20BrNO2. The van der Waals surface area contributed by atoms with Crippen LogP contribution in [0.3, 0.4) is 0 Å². The molecule has 0 N–H and O–H groups in total. The van der Waals surface area contributed by atoms with Crippen LogP contribution in [0.4, 0.5) is 4.79 Å². The number of halogens is 1. The molecule has 2 aromatic carbocycles. The molecule has 3 nitrogen and oxygen atoms in total. The average Bonchev–Trinajstić information content (AvgIpc) is 2.58. The number of carbonyl (C=O) groups is 1. The minimum atomic E-state index is -0.270. The second-order valence-corrected chi connectivity index (χ2v) is 5.78. The van der Waals surface area contributed by atoms with Crippen molar-refractivity contribution < 1.29 is 9.53 Å². The fourth-order valence-corrected chi connectivity index (χ4v) is 2.35. The molecule has 22 heavy (non-hydrogen) atoms. The van der Waals surface area contributed by atoms with Crippen molar-refractivity contribution in [3.05, 3.63) is 71.8 Å². The van der Waals surface area contributed by atoms with Gasteiger partial charge in [-0.25, -0.2) is 4.79 Å². The third-order valence-corrected chi connectivity index (χ3v) is 3.80. The lowest BCUT2D eigenvalue weighted by molar-refractivity contribution is 0.0938. The predicted molar refractivity (Wildman–Crippen MR) is 91.9 cm³/mol. The number of ether oxygens (including phenoxy) is 1. The third kappa shape index (κ3) is 5.53. The molecule has 0 heterocycles. The number of hydrogen-bond donors (Lipinski definition) is 0. The molecule has 0 saturated carbocycles. The number of hydrogen-bond acceptors (Lipinski definition) is 2. The van der Waals surface area contributed by atoms with Crippen molar-refractivity contribution in [2.45, 2.75) is 19.6 Å². The van der Waals surface area contributed by atoms with Gasteiger partial charge in [-0.3, -0.25) is 0 Å². The van der Waals surface area contributed by atoms with Crippen molar-refractivity contribution in [1.82, 2.24) is 4.90 Å². The van der Waals surface area contributed by atoms with E-state index < -0.39 is 0 Å². The van der Waals surface area contributed by atoms with E-state index in [0.29, 0.717) is 19.7 Å². The zero-order chi connectivity index (χ0) is 15.6. The van der Waals surface area contributed by atoms with Gasteiger partial charge in [0.25, 0.3) is 0 Å².